The van der Waals surface area contributed by atoms with E-state index in [9.17, 15) is 4.79 Å². The average Bonchev–Trinajstić information content (AvgIpc) is 1.97. The summed E-state index contributed by atoms with van der Waals surface area (Å²) in [6.07, 6.45) is 0. The van der Waals surface area contributed by atoms with Gasteiger partial charge in [-0.05, 0) is 6.92 Å². The first-order chi connectivity index (χ1) is 5.16. The molecule has 11 heavy (non-hydrogen) atoms. The predicted octanol–water partition coefficient (Wildman–Crippen LogP) is -0.462. The zero-order chi connectivity index (χ0) is 8.32. The number of nitrogens with one attached hydrogen (secondary N) is 1. The minimum absolute atomic E-state index is 0.0569. The molecule has 1 amide bonds. The van der Waals surface area contributed by atoms with Crippen molar-refractivity contribution in [2.75, 3.05) is 26.9 Å². The molecular formula is C7H13NO3. The first kappa shape index (κ1) is 8.49. The highest BCUT2D eigenvalue weighted by atomic mass is 16.5. The third kappa shape index (κ3) is 2.17. The summed E-state index contributed by atoms with van der Waals surface area (Å²) in [5.74, 6) is -0.0569. The van der Waals surface area contributed by atoms with Gasteiger partial charge >= 0.3 is 0 Å². The molecule has 0 aromatic rings. The van der Waals surface area contributed by atoms with Crippen LogP contribution in [-0.2, 0) is 14.3 Å². The lowest BCUT2D eigenvalue weighted by Gasteiger charge is -2.32. The number of hydrogen-bond donors (Lipinski definition) is 1. The maximum absolute atomic E-state index is 10.7. The number of ether oxygens (including phenoxy) is 2. The van der Waals surface area contributed by atoms with E-state index in [0.717, 1.165) is 0 Å². The topological polar surface area (TPSA) is 47.6 Å². The predicted molar refractivity (Wildman–Crippen MR) is 39.2 cm³/mol. The molecule has 0 bridgehead atoms. The molecule has 1 aliphatic heterocycles. The molecule has 1 rings (SSSR count). The summed E-state index contributed by atoms with van der Waals surface area (Å²) in [5, 5.41) is 2.71. The van der Waals surface area contributed by atoms with Crippen LogP contribution in [-0.4, -0.2) is 38.4 Å². The number of rotatable bonds is 2. The minimum atomic E-state index is -0.345. The van der Waals surface area contributed by atoms with Crippen molar-refractivity contribution in [3.05, 3.63) is 0 Å². The first-order valence-corrected chi connectivity index (χ1v) is 3.56. The monoisotopic (exact) mass is 159 g/mol. The van der Waals surface area contributed by atoms with E-state index in [2.05, 4.69) is 5.32 Å². The Bertz CT molecular complexity index is 148. The van der Waals surface area contributed by atoms with Gasteiger partial charge in [-0.2, -0.15) is 0 Å². The molecular weight excluding hydrogens is 146 g/mol. The van der Waals surface area contributed by atoms with Gasteiger partial charge in [0.2, 0.25) is 5.91 Å². The van der Waals surface area contributed by atoms with Crippen LogP contribution >= 0.6 is 0 Å². The molecule has 4 heteroatoms. The molecule has 1 fully saturated rings. The van der Waals surface area contributed by atoms with Crippen molar-refractivity contribution < 1.29 is 14.3 Å². The summed E-state index contributed by atoms with van der Waals surface area (Å²) in [4.78, 5) is 10.7. The number of carbonyl (C=O) groups is 1. The van der Waals surface area contributed by atoms with Crippen molar-refractivity contribution in [1.29, 1.82) is 0 Å². The molecule has 0 aromatic carbocycles. The van der Waals surface area contributed by atoms with Crippen LogP contribution in [0.5, 0.6) is 0 Å². The van der Waals surface area contributed by atoms with Gasteiger partial charge in [0, 0.05) is 13.7 Å². The Labute approximate surface area is 65.9 Å². The molecule has 0 spiro atoms. The lowest BCUT2D eigenvalue weighted by Crippen LogP contribution is -2.53. The summed E-state index contributed by atoms with van der Waals surface area (Å²) in [6, 6.07) is 0. The average molecular weight is 159 g/mol. The molecule has 0 aromatic heterocycles. The van der Waals surface area contributed by atoms with E-state index in [4.69, 9.17) is 9.47 Å². The van der Waals surface area contributed by atoms with Crippen molar-refractivity contribution >= 4 is 5.91 Å². The second-order valence-electron chi connectivity index (χ2n) is 2.95. The molecule has 0 saturated carbocycles. The molecule has 64 valence electrons. The Morgan fingerprint density at radius 1 is 1.82 bits per heavy atom. The maximum Gasteiger partial charge on any atom is 0.246 e. The molecule has 1 heterocycles. The van der Waals surface area contributed by atoms with Crippen LogP contribution in [0, 0.1) is 0 Å². The fourth-order valence-corrected chi connectivity index (χ4v) is 1.03. The van der Waals surface area contributed by atoms with Crippen LogP contribution in [0.3, 0.4) is 0 Å². The summed E-state index contributed by atoms with van der Waals surface area (Å²) >= 11 is 0. The van der Waals surface area contributed by atoms with Gasteiger partial charge in [0.25, 0.3) is 0 Å². The number of methoxy groups -OCH3 is 1. The Hall–Kier alpha value is -0.610. The van der Waals surface area contributed by atoms with Crippen molar-refractivity contribution in [1.82, 2.24) is 5.32 Å². The van der Waals surface area contributed by atoms with Crippen LogP contribution in [0.25, 0.3) is 0 Å². The Kier molecular flexibility index (Phi) is 2.46. The molecule has 1 N–H and O–H groups in total. The zero-order valence-corrected chi connectivity index (χ0v) is 6.85. The maximum atomic E-state index is 10.7. The number of hydrogen-bond acceptors (Lipinski definition) is 3. The lowest BCUT2D eigenvalue weighted by molar-refractivity contribution is -0.147. The first-order valence-electron chi connectivity index (χ1n) is 3.56. The van der Waals surface area contributed by atoms with E-state index < -0.39 is 0 Å². The standard InChI is InChI=1S/C7H13NO3/c1-7(5-10-2)4-8-6(9)3-11-7/h3-5H2,1-2H3,(H,8,9)/t7-/m0/s1. The Morgan fingerprint density at radius 3 is 3.00 bits per heavy atom. The van der Waals surface area contributed by atoms with Gasteiger partial charge in [-0.3, -0.25) is 4.79 Å². The lowest BCUT2D eigenvalue weighted by atomic mass is 10.1. The van der Waals surface area contributed by atoms with Crippen LogP contribution in [0.4, 0.5) is 0 Å². The molecule has 0 unspecified atom stereocenters. The molecule has 1 atom stereocenters. The molecule has 1 aliphatic rings. The fraction of sp³-hybridized carbons (Fsp3) is 0.857. The highest BCUT2D eigenvalue weighted by Crippen LogP contribution is 2.12. The van der Waals surface area contributed by atoms with Crippen LogP contribution in [0.15, 0.2) is 0 Å². The summed E-state index contributed by atoms with van der Waals surface area (Å²) in [6.45, 7) is 3.09. The van der Waals surface area contributed by atoms with Gasteiger partial charge < -0.3 is 14.8 Å². The molecule has 0 radical (unpaired) electrons. The summed E-state index contributed by atoms with van der Waals surface area (Å²) in [5.41, 5.74) is -0.345. The van der Waals surface area contributed by atoms with E-state index in [1.807, 2.05) is 6.92 Å². The van der Waals surface area contributed by atoms with Crippen molar-refractivity contribution in [2.24, 2.45) is 0 Å². The van der Waals surface area contributed by atoms with Gasteiger partial charge in [0.05, 0.1) is 6.61 Å². The van der Waals surface area contributed by atoms with Gasteiger partial charge in [-0.15, -0.1) is 0 Å². The SMILES string of the molecule is COC[C@]1(C)CNC(=O)CO1. The van der Waals surface area contributed by atoms with E-state index in [-0.39, 0.29) is 18.1 Å². The van der Waals surface area contributed by atoms with Gasteiger partial charge in [-0.1, -0.05) is 0 Å². The van der Waals surface area contributed by atoms with Crippen LogP contribution < -0.4 is 5.32 Å². The van der Waals surface area contributed by atoms with Gasteiger partial charge in [0.1, 0.15) is 12.2 Å². The summed E-state index contributed by atoms with van der Waals surface area (Å²) < 4.78 is 10.2. The Morgan fingerprint density at radius 2 is 2.55 bits per heavy atom. The van der Waals surface area contributed by atoms with Crippen molar-refractivity contribution in [3.8, 4) is 0 Å². The van der Waals surface area contributed by atoms with Crippen LogP contribution in [0.2, 0.25) is 0 Å². The smallest absolute Gasteiger partial charge is 0.246 e. The van der Waals surface area contributed by atoms with Gasteiger partial charge in [-0.25, -0.2) is 0 Å². The summed E-state index contributed by atoms with van der Waals surface area (Å²) in [7, 11) is 1.62. The van der Waals surface area contributed by atoms with E-state index in [0.29, 0.717) is 13.2 Å². The van der Waals surface area contributed by atoms with Crippen LogP contribution in [0.1, 0.15) is 6.92 Å². The molecule has 4 nitrogen and oxygen atoms in total. The quantitative estimate of drug-likeness (QED) is 0.593. The second-order valence-corrected chi connectivity index (χ2v) is 2.95. The number of carbonyl (C=O) groups excluding carboxylic acids is 1. The van der Waals surface area contributed by atoms with E-state index in [1.165, 1.54) is 0 Å². The van der Waals surface area contributed by atoms with E-state index in [1.54, 1.807) is 7.11 Å². The Balaban J connectivity index is 2.41. The van der Waals surface area contributed by atoms with E-state index >= 15 is 0 Å². The highest BCUT2D eigenvalue weighted by Gasteiger charge is 2.30. The van der Waals surface area contributed by atoms with Crippen molar-refractivity contribution in [3.63, 3.8) is 0 Å². The third-order valence-corrected chi connectivity index (χ3v) is 1.66. The van der Waals surface area contributed by atoms with Gasteiger partial charge in [0.15, 0.2) is 0 Å². The molecule has 0 aliphatic carbocycles. The molecule has 1 saturated heterocycles. The normalized spacial score (nSPS) is 31.6. The highest BCUT2D eigenvalue weighted by molar-refractivity contribution is 5.77. The zero-order valence-electron chi connectivity index (χ0n) is 6.85. The third-order valence-electron chi connectivity index (χ3n) is 1.66. The second kappa shape index (κ2) is 3.19. The number of morpholine rings is 1. The van der Waals surface area contributed by atoms with Crippen molar-refractivity contribution in [2.45, 2.75) is 12.5 Å². The largest absolute Gasteiger partial charge is 0.382 e. The minimum Gasteiger partial charge on any atom is -0.382 e. The fourth-order valence-electron chi connectivity index (χ4n) is 1.03. The number of amides is 1.